The highest BCUT2D eigenvalue weighted by Gasteiger charge is 2.34. The van der Waals surface area contributed by atoms with E-state index in [4.69, 9.17) is 5.11 Å². The van der Waals surface area contributed by atoms with Gasteiger partial charge >= 0.3 is 5.97 Å². The quantitative estimate of drug-likeness (QED) is 0.827. The van der Waals surface area contributed by atoms with Crippen molar-refractivity contribution < 1.29 is 14.7 Å². The van der Waals surface area contributed by atoms with E-state index < -0.39 is 5.97 Å². The van der Waals surface area contributed by atoms with E-state index >= 15 is 0 Å². The van der Waals surface area contributed by atoms with E-state index in [1.54, 1.807) is 17.1 Å². The third-order valence-electron chi connectivity index (χ3n) is 3.16. The number of carbonyl (C=O) groups is 2. The van der Waals surface area contributed by atoms with Gasteiger partial charge in [0.2, 0.25) is 5.91 Å². The van der Waals surface area contributed by atoms with E-state index in [1.807, 2.05) is 31.2 Å². The minimum absolute atomic E-state index is 0.0321. The predicted octanol–water partition coefficient (Wildman–Crippen LogP) is 2.56. The molecule has 2 rings (SSSR count). The van der Waals surface area contributed by atoms with Crippen molar-refractivity contribution >= 4 is 17.6 Å². The van der Waals surface area contributed by atoms with Crippen LogP contribution in [0.25, 0.3) is 0 Å². The van der Waals surface area contributed by atoms with Gasteiger partial charge in [0.05, 0.1) is 12.3 Å². The number of nitrogens with zero attached hydrogens (tertiary/aromatic N) is 1. The molecular weight excluding hydrogens is 242 g/mol. The van der Waals surface area contributed by atoms with Crippen LogP contribution in [0.2, 0.25) is 0 Å². The molecule has 1 amide bonds. The van der Waals surface area contributed by atoms with Crippen LogP contribution in [0.15, 0.2) is 36.4 Å². The summed E-state index contributed by atoms with van der Waals surface area (Å²) in [5.74, 6) is -1.20. The highest BCUT2D eigenvalue weighted by Crippen LogP contribution is 2.37. The van der Waals surface area contributed by atoms with Crippen LogP contribution in [0.4, 0.5) is 5.69 Å². The molecule has 0 saturated carbocycles. The second-order valence-corrected chi connectivity index (χ2v) is 4.55. The summed E-state index contributed by atoms with van der Waals surface area (Å²) in [4.78, 5) is 24.7. The molecule has 0 aromatic heterocycles. The van der Waals surface area contributed by atoms with Gasteiger partial charge in [-0.2, -0.15) is 0 Å². The molecule has 4 heteroatoms. The Labute approximate surface area is 112 Å². The number of aliphatic carboxylic acids is 1. The molecule has 1 aromatic carbocycles. The SMILES string of the molecule is CCCN1C(=O)C(C=CCC(=O)O)c2ccccc21. The molecule has 0 saturated heterocycles. The molecule has 0 bridgehead atoms. The first-order valence-corrected chi connectivity index (χ1v) is 6.44. The maximum Gasteiger partial charge on any atom is 0.307 e. The van der Waals surface area contributed by atoms with Crippen LogP contribution in [0, 0.1) is 0 Å². The minimum atomic E-state index is -0.889. The summed E-state index contributed by atoms with van der Waals surface area (Å²) in [7, 11) is 0. The first kappa shape index (κ1) is 13.3. The number of hydrogen-bond donors (Lipinski definition) is 1. The van der Waals surface area contributed by atoms with E-state index in [0.717, 1.165) is 17.7 Å². The van der Waals surface area contributed by atoms with Crippen LogP contribution in [0.5, 0.6) is 0 Å². The Kier molecular flexibility index (Phi) is 4.00. The van der Waals surface area contributed by atoms with Gasteiger partial charge in [0.25, 0.3) is 0 Å². The van der Waals surface area contributed by atoms with Crippen molar-refractivity contribution in [1.29, 1.82) is 0 Å². The van der Waals surface area contributed by atoms with Gasteiger partial charge in [-0.15, -0.1) is 0 Å². The number of benzene rings is 1. The lowest BCUT2D eigenvalue weighted by atomic mass is 10.00. The van der Waals surface area contributed by atoms with Crippen molar-refractivity contribution in [2.45, 2.75) is 25.7 Å². The van der Waals surface area contributed by atoms with Crippen molar-refractivity contribution in [3.8, 4) is 0 Å². The maximum absolute atomic E-state index is 12.4. The van der Waals surface area contributed by atoms with Crippen molar-refractivity contribution in [2.24, 2.45) is 0 Å². The molecule has 1 atom stereocenters. The maximum atomic E-state index is 12.4. The smallest absolute Gasteiger partial charge is 0.307 e. The molecule has 4 nitrogen and oxygen atoms in total. The van der Waals surface area contributed by atoms with Crippen LogP contribution < -0.4 is 4.90 Å². The average molecular weight is 259 g/mol. The van der Waals surface area contributed by atoms with Crippen LogP contribution in [-0.2, 0) is 9.59 Å². The molecule has 100 valence electrons. The normalized spacial score (nSPS) is 18.1. The van der Waals surface area contributed by atoms with Gasteiger partial charge in [-0.3, -0.25) is 9.59 Å². The summed E-state index contributed by atoms with van der Waals surface area (Å²) >= 11 is 0. The van der Waals surface area contributed by atoms with Gasteiger partial charge in [0.15, 0.2) is 0 Å². The summed E-state index contributed by atoms with van der Waals surface area (Å²) < 4.78 is 0. The molecular formula is C15H17NO3. The predicted molar refractivity (Wildman–Crippen MR) is 73.2 cm³/mol. The van der Waals surface area contributed by atoms with Gasteiger partial charge < -0.3 is 10.0 Å². The summed E-state index contributed by atoms with van der Waals surface area (Å²) in [6.07, 6.45) is 4.09. The van der Waals surface area contributed by atoms with Crippen molar-refractivity contribution in [3.63, 3.8) is 0 Å². The van der Waals surface area contributed by atoms with Crippen LogP contribution in [0.1, 0.15) is 31.2 Å². The molecule has 1 N–H and O–H groups in total. The van der Waals surface area contributed by atoms with Gasteiger partial charge in [-0.25, -0.2) is 0 Å². The lowest BCUT2D eigenvalue weighted by Gasteiger charge is -2.16. The molecule has 1 aliphatic rings. The lowest BCUT2D eigenvalue weighted by molar-refractivity contribution is -0.136. The Balaban J connectivity index is 2.28. The Morgan fingerprint density at radius 2 is 2.16 bits per heavy atom. The number of rotatable bonds is 5. The van der Waals surface area contributed by atoms with E-state index in [0.29, 0.717) is 6.54 Å². The fourth-order valence-electron chi connectivity index (χ4n) is 2.36. The van der Waals surface area contributed by atoms with E-state index in [9.17, 15) is 9.59 Å². The number of carboxylic acids is 1. The first-order valence-electron chi connectivity index (χ1n) is 6.44. The molecule has 0 fully saturated rings. The molecule has 1 aromatic rings. The summed E-state index contributed by atoms with van der Waals surface area (Å²) in [6, 6.07) is 7.68. The molecule has 1 heterocycles. The number of anilines is 1. The first-order chi connectivity index (χ1) is 9.15. The summed E-state index contributed by atoms with van der Waals surface area (Å²) in [6.45, 7) is 2.72. The van der Waals surface area contributed by atoms with Gasteiger partial charge in [0, 0.05) is 12.2 Å². The zero-order chi connectivity index (χ0) is 13.8. The molecule has 0 spiro atoms. The summed E-state index contributed by atoms with van der Waals surface area (Å²) in [5, 5.41) is 8.64. The topological polar surface area (TPSA) is 57.6 Å². The second-order valence-electron chi connectivity index (χ2n) is 4.55. The largest absolute Gasteiger partial charge is 0.481 e. The van der Waals surface area contributed by atoms with Crippen LogP contribution >= 0.6 is 0 Å². The zero-order valence-corrected chi connectivity index (χ0v) is 10.9. The standard InChI is InChI=1S/C15H17NO3/c1-2-10-16-13-8-4-3-6-11(13)12(15(16)19)7-5-9-14(17)18/h3-8,12H,2,9-10H2,1H3,(H,17,18). The monoisotopic (exact) mass is 259 g/mol. The lowest BCUT2D eigenvalue weighted by Crippen LogP contribution is -2.28. The van der Waals surface area contributed by atoms with Crippen molar-refractivity contribution in [3.05, 3.63) is 42.0 Å². The molecule has 0 aliphatic carbocycles. The second kappa shape index (κ2) is 5.69. The van der Waals surface area contributed by atoms with Crippen molar-refractivity contribution in [2.75, 3.05) is 11.4 Å². The Bertz CT molecular complexity index is 522. The molecule has 1 aliphatic heterocycles. The number of carboxylic acid groups (broad SMARTS) is 1. The van der Waals surface area contributed by atoms with Gasteiger partial charge in [-0.05, 0) is 18.1 Å². The molecule has 19 heavy (non-hydrogen) atoms. The number of carbonyl (C=O) groups excluding carboxylic acids is 1. The highest BCUT2D eigenvalue weighted by atomic mass is 16.4. The third kappa shape index (κ3) is 2.67. The van der Waals surface area contributed by atoms with Crippen LogP contribution in [0.3, 0.4) is 0 Å². The number of hydrogen-bond acceptors (Lipinski definition) is 2. The zero-order valence-electron chi connectivity index (χ0n) is 10.9. The Morgan fingerprint density at radius 3 is 2.84 bits per heavy atom. The minimum Gasteiger partial charge on any atom is -0.481 e. The van der Waals surface area contributed by atoms with Crippen LogP contribution in [-0.4, -0.2) is 23.5 Å². The molecule has 0 radical (unpaired) electrons. The third-order valence-corrected chi connectivity index (χ3v) is 3.16. The van der Waals surface area contributed by atoms with Gasteiger partial charge in [-0.1, -0.05) is 37.3 Å². The Morgan fingerprint density at radius 1 is 1.42 bits per heavy atom. The number of fused-ring (bicyclic) bond motifs is 1. The van der Waals surface area contributed by atoms with Gasteiger partial charge in [0.1, 0.15) is 0 Å². The van der Waals surface area contributed by atoms with E-state index in [2.05, 4.69) is 0 Å². The fourth-order valence-corrected chi connectivity index (χ4v) is 2.36. The summed E-state index contributed by atoms with van der Waals surface area (Å²) in [5.41, 5.74) is 1.90. The van der Waals surface area contributed by atoms with E-state index in [1.165, 1.54) is 0 Å². The van der Waals surface area contributed by atoms with E-state index in [-0.39, 0.29) is 18.2 Å². The van der Waals surface area contributed by atoms with Crippen molar-refractivity contribution in [1.82, 2.24) is 0 Å². The number of amides is 1. The Hall–Kier alpha value is -2.10. The number of para-hydroxylation sites is 1. The average Bonchev–Trinajstić information content (AvgIpc) is 2.65. The fraction of sp³-hybridized carbons (Fsp3) is 0.333. The molecule has 1 unspecified atom stereocenters. The highest BCUT2D eigenvalue weighted by molar-refractivity contribution is 6.06.